The number of fused-ring (bicyclic) bond motifs is 2. The highest BCUT2D eigenvalue weighted by atomic mass is 16.1. The maximum absolute atomic E-state index is 11.2. The number of carbonyl (C=O) groups excluding carboxylic acids is 1. The molecule has 1 heteroatoms. The van der Waals surface area contributed by atoms with Gasteiger partial charge in [-0.3, -0.25) is 0 Å². The van der Waals surface area contributed by atoms with E-state index in [1.54, 1.807) is 0 Å². The highest BCUT2D eigenvalue weighted by molar-refractivity contribution is 5.58. The van der Waals surface area contributed by atoms with E-state index in [4.69, 9.17) is 0 Å². The first-order chi connectivity index (χ1) is 6.52. The second kappa shape index (κ2) is 2.95. The molecule has 0 spiro atoms. The van der Waals surface area contributed by atoms with Crippen molar-refractivity contribution in [3.05, 3.63) is 12.2 Å². The van der Waals surface area contributed by atoms with Crippen LogP contribution < -0.4 is 0 Å². The Bertz CT molecular complexity index is 279. The first kappa shape index (κ1) is 9.95. The zero-order valence-electron chi connectivity index (χ0n) is 9.42. The minimum absolute atomic E-state index is 0.180. The van der Waals surface area contributed by atoms with Crippen LogP contribution in [0.3, 0.4) is 0 Å². The van der Waals surface area contributed by atoms with E-state index in [1.807, 2.05) is 0 Å². The van der Waals surface area contributed by atoms with Gasteiger partial charge in [-0.05, 0) is 36.0 Å². The Balaban J connectivity index is 2.40. The number of carbonyl (C=O) groups is 1. The lowest BCUT2D eigenvalue weighted by Crippen LogP contribution is -2.46. The highest BCUT2D eigenvalue weighted by Gasteiger charge is 2.50. The van der Waals surface area contributed by atoms with Gasteiger partial charge in [0, 0.05) is 5.92 Å². The van der Waals surface area contributed by atoms with E-state index in [1.165, 1.54) is 19.1 Å². The third kappa shape index (κ3) is 1.18. The predicted molar refractivity (Wildman–Crippen MR) is 57.9 cm³/mol. The molecule has 0 amide bonds. The van der Waals surface area contributed by atoms with Gasteiger partial charge < -0.3 is 4.79 Å². The fourth-order valence-electron chi connectivity index (χ4n) is 3.28. The predicted octanol–water partition coefficient (Wildman–Crippen LogP) is 3.20. The van der Waals surface area contributed by atoms with E-state index in [0.29, 0.717) is 11.3 Å². The van der Waals surface area contributed by atoms with Gasteiger partial charge in [-0.15, -0.1) is 0 Å². The van der Waals surface area contributed by atoms with Crippen LogP contribution >= 0.6 is 0 Å². The van der Waals surface area contributed by atoms with Crippen LogP contribution in [-0.2, 0) is 4.79 Å². The van der Waals surface area contributed by atoms with Crippen LogP contribution in [-0.4, -0.2) is 6.29 Å². The summed E-state index contributed by atoms with van der Waals surface area (Å²) in [5, 5.41) is 0. The molecule has 1 saturated carbocycles. The molecule has 0 heterocycles. The number of allylic oxidation sites excluding steroid dienone is 2. The average Bonchev–Trinajstić information content (AvgIpc) is 2.17. The summed E-state index contributed by atoms with van der Waals surface area (Å²) in [6.45, 7) is 6.77. The summed E-state index contributed by atoms with van der Waals surface area (Å²) < 4.78 is 0. The van der Waals surface area contributed by atoms with Crippen molar-refractivity contribution in [3.8, 4) is 0 Å². The Labute approximate surface area is 86.6 Å². The van der Waals surface area contributed by atoms with Crippen molar-refractivity contribution in [2.24, 2.45) is 22.7 Å². The van der Waals surface area contributed by atoms with Crippen molar-refractivity contribution in [2.75, 3.05) is 0 Å². The SMILES string of the molecule is CC(C)[C@@]12C=C[C@](C)(CC1)C[C@@H]2C=O. The van der Waals surface area contributed by atoms with Crippen LogP contribution in [0, 0.1) is 22.7 Å². The first-order valence-electron chi connectivity index (χ1n) is 5.68. The molecular weight excluding hydrogens is 172 g/mol. The summed E-state index contributed by atoms with van der Waals surface area (Å²) in [5.41, 5.74) is 0.488. The fraction of sp³-hybridized carbons (Fsp3) is 0.769. The van der Waals surface area contributed by atoms with Crippen LogP contribution in [0.2, 0.25) is 0 Å². The molecule has 0 aromatic carbocycles. The van der Waals surface area contributed by atoms with Crippen LogP contribution in [0.4, 0.5) is 0 Å². The van der Waals surface area contributed by atoms with Crippen molar-refractivity contribution in [1.29, 1.82) is 0 Å². The summed E-state index contributed by atoms with van der Waals surface area (Å²) in [4.78, 5) is 11.2. The summed E-state index contributed by atoms with van der Waals surface area (Å²) in [7, 11) is 0. The molecule has 0 aromatic heterocycles. The summed E-state index contributed by atoms with van der Waals surface area (Å²) >= 11 is 0. The number of aldehydes is 1. The molecule has 1 fully saturated rings. The molecule has 0 aliphatic heterocycles. The van der Waals surface area contributed by atoms with E-state index >= 15 is 0 Å². The zero-order chi connectivity index (χ0) is 10.4. The van der Waals surface area contributed by atoms with E-state index in [2.05, 4.69) is 32.9 Å². The summed E-state index contributed by atoms with van der Waals surface area (Å²) in [6.07, 6.45) is 9.40. The lowest BCUT2D eigenvalue weighted by molar-refractivity contribution is -0.119. The topological polar surface area (TPSA) is 17.1 Å². The van der Waals surface area contributed by atoms with Gasteiger partial charge in [0.1, 0.15) is 6.29 Å². The molecule has 3 aliphatic rings. The minimum Gasteiger partial charge on any atom is -0.303 e. The Kier molecular flexibility index (Phi) is 2.09. The summed E-state index contributed by atoms with van der Waals surface area (Å²) in [6, 6.07) is 0. The first-order valence-corrected chi connectivity index (χ1v) is 5.68. The second-order valence-corrected chi connectivity index (χ2v) is 5.70. The Morgan fingerprint density at radius 1 is 1.36 bits per heavy atom. The third-order valence-corrected chi connectivity index (χ3v) is 4.54. The van der Waals surface area contributed by atoms with Gasteiger partial charge in [0.15, 0.2) is 0 Å². The minimum atomic E-state index is 0.180. The van der Waals surface area contributed by atoms with Gasteiger partial charge in [-0.2, -0.15) is 0 Å². The quantitative estimate of drug-likeness (QED) is 0.485. The molecule has 2 bridgehead atoms. The second-order valence-electron chi connectivity index (χ2n) is 5.70. The average molecular weight is 192 g/mol. The molecule has 0 saturated heterocycles. The van der Waals surface area contributed by atoms with Crippen molar-refractivity contribution < 1.29 is 4.79 Å². The number of hydrogen-bond acceptors (Lipinski definition) is 1. The van der Waals surface area contributed by atoms with Crippen molar-refractivity contribution in [1.82, 2.24) is 0 Å². The smallest absolute Gasteiger partial charge is 0.123 e. The van der Waals surface area contributed by atoms with E-state index in [-0.39, 0.29) is 11.3 Å². The molecule has 1 nitrogen and oxygen atoms in total. The number of hydrogen-bond donors (Lipinski definition) is 0. The van der Waals surface area contributed by atoms with Gasteiger partial charge in [0.2, 0.25) is 0 Å². The van der Waals surface area contributed by atoms with Crippen LogP contribution in [0.25, 0.3) is 0 Å². The molecule has 3 rings (SSSR count). The van der Waals surface area contributed by atoms with Crippen molar-refractivity contribution >= 4 is 6.29 Å². The Hall–Kier alpha value is -0.590. The zero-order valence-corrected chi connectivity index (χ0v) is 9.42. The Morgan fingerprint density at radius 3 is 2.50 bits per heavy atom. The molecule has 0 N–H and O–H groups in total. The molecule has 0 radical (unpaired) electrons. The van der Waals surface area contributed by atoms with Crippen molar-refractivity contribution in [2.45, 2.75) is 40.0 Å². The van der Waals surface area contributed by atoms with E-state index < -0.39 is 0 Å². The molecule has 0 aromatic rings. The van der Waals surface area contributed by atoms with Gasteiger partial charge >= 0.3 is 0 Å². The Morgan fingerprint density at radius 2 is 2.07 bits per heavy atom. The summed E-state index contributed by atoms with van der Waals surface area (Å²) in [5.74, 6) is 0.838. The lowest BCUT2D eigenvalue weighted by Gasteiger charge is -2.53. The molecular formula is C13H20O. The van der Waals surface area contributed by atoms with Crippen LogP contribution in [0.5, 0.6) is 0 Å². The molecule has 3 aliphatic carbocycles. The van der Waals surface area contributed by atoms with Gasteiger partial charge in [0.05, 0.1) is 0 Å². The van der Waals surface area contributed by atoms with Crippen LogP contribution in [0.1, 0.15) is 40.0 Å². The maximum atomic E-state index is 11.2. The molecule has 78 valence electrons. The van der Waals surface area contributed by atoms with Gasteiger partial charge in [-0.1, -0.05) is 32.9 Å². The van der Waals surface area contributed by atoms with Crippen molar-refractivity contribution in [3.63, 3.8) is 0 Å². The van der Waals surface area contributed by atoms with Gasteiger partial charge in [0.25, 0.3) is 0 Å². The highest BCUT2D eigenvalue weighted by Crippen LogP contribution is 2.57. The normalized spacial score (nSPS) is 45.9. The lowest BCUT2D eigenvalue weighted by atomic mass is 9.51. The standard InChI is InChI=1S/C13H20O/c1-10(2)13-6-4-12(3,5-7-13)8-11(13)9-14/h4,6,9-11H,5,7-8H2,1-3H3/t11-,12-,13-/m1/s1. The monoisotopic (exact) mass is 192 g/mol. The van der Waals surface area contributed by atoms with Crippen LogP contribution in [0.15, 0.2) is 12.2 Å². The number of rotatable bonds is 2. The molecule has 3 atom stereocenters. The fourth-order valence-corrected chi connectivity index (χ4v) is 3.28. The molecule has 14 heavy (non-hydrogen) atoms. The third-order valence-electron chi connectivity index (χ3n) is 4.54. The maximum Gasteiger partial charge on any atom is 0.123 e. The molecule has 0 unspecified atom stereocenters. The largest absolute Gasteiger partial charge is 0.303 e. The van der Waals surface area contributed by atoms with E-state index in [9.17, 15) is 4.79 Å². The van der Waals surface area contributed by atoms with E-state index in [0.717, 1.165) is 6.42 Å². The van der Waals surface area contributed by atoms with Gasteiger partial charge in [-0.25, -0.2) is 0 Å².